The van der Waals surface area contributed by atoms with E-state index in [1.807, 2.05) is 30.5 Å². The molecule has 1 saturated heterocycles. The highest BCUT2D eigenvalue weighted by atomic mass is 35.5. The Morgan fingerprint density at radius 1 is 1.25 bits per heavy atom. The van der Waals surface area contributed by atoms with Crippen molar-refractivity contribution in [3.63, 3.8) is 0 Å². The smallest absolute Gasteiger partial charge is 0.317 e. The monoisotopic (exact) mass is 402 g/mol. The van der Waals surface area contributed by atoms with E-state index in [0.717, 1.165) is 24.5 Å². The average molecular weight is 403 g/mol. The number of ether oxygens (including phenoxy) is 1. The van der Waals surface area contributed by atoms with E-state index < -0.39 is 0 Å². The molecule has 1 aliphatic heterocycles. The van der Waals surface area contributed by atoms with Crippen LogP contribution in [-0.2, 0) is 6.54 Å². The van der Waals surface area contributed by atoms with E-state index >= 15 is 0 Å². The maximum Gasteiger partial charge on any atom is 0.317 e. The molecule has 0 radical (unpaired) electrons. The number of halogens is 1. The van der Waals surface area contributed by atoms with Gasteiger partial charge in [0, 0.05) is 43.5 Å². The molecule has 2 aromatic rings. The number of pyridine rings is 1. The Labute approximate surface area is 171 Å². The summed E-state index contributed by atoms with van der Waals surface area (Å²) in [5.74, 6) is 1.68. The number of piperidine rings is 1. The molecular weight excluding hydrogens is 376 g/mol. The zero-order chi connectivity index (χ0) is 19.8. The number of anilines is 1. The molecule has 0 bridgehead atoms. The van der Waals surface area contributed by atoms with Gasteiger partial charge in [-0.2, -0.15) is 0 Å². The molecule has 0 aliphatic carbocycles. The quantitative estimate of drug-likeness (QED) is 0.761. The van der Waals surface area contributed by atoms with Crippen molar-refractivity contribution in [2.45, 2.75) is 25.8 Å². The van der Waals surface area contributed by atoms with E-state index in [4.69, 9.17) is 16.3 Å². The highest BCUT2D eigenvalue weighted by Gasteiger charge is 2.16. The van der Waals surface area contributed by atoms with Gasteiger partial charge in [0.2, 0.25) is 0 Å². The lowest BCUT2D eigenvalue weighted by Crippen LogP contribution is -2.39. The number of amides is 2. The summed E-state index contributed by atoms with van der Waals surface area (Å²) in [6, 6.07) is 11.0. The molecule has 0 unspecified atom stereocenters. The highest BCUT2D eigenvalue weighted by Crippen LogP contribution is 2.21. The zero-order valence-electron chi connectivity index (χ0n) is 16.2. The number of rotatable bonds is 7. The first kappa shape index (κ1) is 20.3. The van der Waals surface area contributed by atoms with E-state index in [9.17, 15) is 4.79 Å². The number of aromatic nitrogens is 1. The Balaban J connectivity index is 1.47. The van der Waals surface area contributed by atoms with Gasteiger partial charge in [0.1, 0.15) is 18.2 Å². The first-order chi connectivity index (χ1) is 13.6. The van der Waals surface area contributed by atoms with Crippen molar-refractivity contribution < 1.29 is 9.53 Å². The molecule has 0 spiro atoms. The maximum absolute atomic E-state index is 12.4. The normalized spacial score (nSPS) is 13.9. The lowest BCUT2D eigenvalue weighted by molar-refractivity contribution is 0.195. The molecule has 1 aromatic carbocycles. The lowest BCUT2D eigenvalue weighted by atomic mass is 10.1. The Hall–Kier alpha value is -2.47. The van der Waals surface area contributed by atoms with Crippen molar-refractivity contribution in [1.29, 1.82) is 0 Å². The van der Waals surface area contributed by atoms with Gasteiger partial charge in [-0.05, 0) is 43.5 Å². The minimum Gasteiger partial charge on any atom is -0.492 e. The van der Waals surface area contributed by atoms with Crippen LogP contribution in [0.15, 0.2) is 42.6 Å². The summed E-state index contributed by atoms with van der Waals surface area (Å²) < 4.78 is 5.65. The third kappa shape index (κ3) is 5.76. The van der Waals surface area contributed by atoms with Crippen LogP contribution in [-0.4, -0.2) is 49.2 Å². The molecule has 7 heteroatoms. The third-order valence-electron chi connectivity index (χ3n) is 4.79. The maximum atomic E-state index is 12.4. The lowest BCUT2D eigenvalue weighted by Gasteiger charge is -2.29. The molecular formula is C21H27ClN4O2. The second-order valence-corrected chi connectivity index (χ2v) is 7.36. The number of hydrogen-bond donors (Lipinski definition) is 1. The molecule has 1 fully saturated rings. The van der Waals surface area contributed by atoms with Crippen LogP contribution in [0.3, 0.4) is 0 Å². The van der Waals surface area contributed by atoms with Gasteiger partial charge in [0.15, 0.2) is 0 Å². The molecule has 6 nitrogen and oxygen atoms in total. The predicted molar refractivity (Wildman–Crippen MR) is 112 cm³/mol. The molecule has 2 amide bonds. The van der Waals surface area contributed by atoms with Crippen LogP contribution in [0.4, 0.5) is 10.6 Å². The van der Waals surface area contributed by atoms with Gasteiger partial charge in [-0.1, -0.05) is 23.7 Å². The van der Waals surface area contributed by atoms with Crippen molar-refractivity contribution in [2.75, 3.05) is 38.2 Å². The van der Waals surface area contributed by atoms with Crippen molar-refractivity contribution >= 4 is 23.4 Å². The largest absolute Gasteiger partial charge is 0.492 e. The molecule has 1 N–H and O–H groups in total. The first-order valence-corrected chi connectivity index (χ1v) is 10.1. The van der Waals surface area contributed by atoms with Crippen LogP contribution >= 0.6 is 11.6 Å². The fourth-order valence-electron chi connectivity index (χ4n) is 3.22. The predicted octanol–water partition coefficient (Wildman–Crippen LogP) is 3.95. The van der Waals surface area contributed by atoms with Crippen molar-refractivity contribution in [3.8, 4) is 5.75 Å². The van der Waals surface area contributed by atoms with Gasteiger partial charge >= 0.3 is 6.03 Å². The van der Waals surface area contributed by atoms with Crippen molar-refractivity contribution in [2.24, 2.45) is 0 Å². The van der Waals surface area contributed by atoms with E-state index in [-0.39, 0.29) is 6.03 Å². The SMILES string of the molecule is CN(CCOc1cccc(Cl)c1)C(=O)NCc1cccnc1N1CCCCC1. The fraction of sp³-hybridized carbons (Fsp3) is 0.429. The number of likely N-dealkylation sites (N-methyl/N-ethyl adjacent to an activating group) is 1. The Kier molecular flexibility index (Phi) is 7.37. The van der Waals surface area contributed by atoms with Gasteiger partial charge in [-0.25, -0.2) is 9.78 Å². The van der Waals surface area contributed by atoms with E-state index in [2.05, 4.69) is 15.2 Å². The molecule has 1 aliphatic rings. The Morgan fingerprint density at radius 2 is 2.07 bits per heavy atom. The third-order valence-corrected chi connectivity index (χ3v) is 5.03. The standard InChI is InChI=1S/C21H27ClN4O2/c1-25(13-14-28-19-9-5-8-18(22)15-19)21(27)24-16-17-7-6-10-23-20(17)26-11-3-2-4-12-26/h5-10,15H,2-4,11-14,16H2,1H3,(H,24,27). The topological polar surface area (TPSA) is 57.7 Å². The molecule has 28 heavy (non-hydrogen) atoms. The van der Waals surface area contributed by atoms with Crippen LogP contribution in [0, 0.1) is 0 Å². The minimum atomic E-state index is -0.136. The minimum absolute atomic E-state index is 0.136. The van der Waals surface area contributed by atoms with Gasteiger partial charge in [-0.15, -0.1) is 0 Å². The number of carbonyl (C=O) groups excluding carboxylic acids is 1. The van der Waals surface area contributed by atoms with Crippen LogP contribution < -0.4 is 15.0 Å². The number of nitrogens with zero attached hydrogens (tertiary/aromatic N) is 3. The molecule has 1 aromatic heterocycles. The van der Waals surface area contributed by atoms with Gasteiger partial charge in [0.05, 0.1) is 6.54 Å². The van der Waals surface area contributed by atoms with Crippen LogP contribution in [0.1, 0.15) is 24.8 Å². The summed E-state index contributed by atoms with van der Waals surface area (Å²) in [5.41, 5.74) is 1.04. The van der Waals surface area contributed by atoms with E-state index in [1.54, 1.807) is 24.1 Å². The fourth-order valence-corrected chi connectivity index (χ4v) is 3.40. The van der Waals surface area contributed by atoms with Crippen LogP contribution in [0.25, 0.3) is 0 Å². The van der Waals surface area contributed by atoms with Crippen LogP contribution in [0.2, 0.25) is 5.02 Å². The van der Waals surface area contributed by atoms with Gasteiger partial charge < -0.3 is 19.9 Å². The second-order valence-electron chi connectivity index (χ2n) is 6.92. The second kappa shape index (κ2) is 10.2. The number of benzene rings is 1. The summed E-state index contributed by atoms with van der Waals surface area (Å²) in [6.45, 7) is 3.38. The number of carbonyl (C=O) groups is 1. The molecule has 150 valence electrons. The molecule has 3 rings (SSSR count). The zero-order valence-corrected chi connectivity index (χ0v) is 17.0. The van der Waals surface area contributed by atoms with Crippen LogP contribution in [0.5, 0.6) is 5.75 Å². The average Bonchev–Trinajstić information content (AvgIpc) is 2.73. The van der Waals surface area contributed by atoms with Crippen molar-refractivity contribution in [3.05, 3.63) is 53.2 Å². The summed E-state index contributed by atoms with van der Waals surface area (Å²) in [7, 11) is 1.76. The van der Waals surface area contributed by atoms with Gasteiger partial charge in [-0.3, -0.25) is 0 Å². The van der Waals surface area contributed by atoms with Gasteiger partial charge in [0.25, 0.3) is 0 Å². The molecule has 0 atom stereocenters. The summed E-state index contributed by atoms with van der Waals surface area (Å²) in [6.07, 6.45) is 5.47. The summed E-state index contributed by atoms with van der Waals surface area (Å²) in [5, 5.41) is 3.61. The van der Waals surface area contributed by atoms with Crippen molar-refractivity contribution in [1.82, 2.24) is 15.2 Å². The summed E-state index contributed by atoms with van der Waals surface area (Å²) in [4.78, 5) is 20.9. The first-order valence-electron chi connectivity index (χ1n) is 9.69. The Bertz CT molecular complexity index is 781. The van der Waals surface area contributed by atoms with E-state index in [1.165, 1.54) is 19.3 Å². The van der Waals surface area contributed by atoms with E-state index in [0.29, 0.717) is 30.5 Å². The summed E-state index contributed by atoms with van der Waals surface area (Å²) >= 11 is 5.94. The number of hydrogen-bond acceptors (Lipinski definition) is 4. The highest BCUT2D eigenvalue weighted by molar-refractivity contribution is 6.30. The Morgan fingerprint density at radius 3 is 2.86 bits per heavy atom. The molecule has 2 heterocycles. The molecule has 0 saturated carbocycles. The number of urea groups is 1. The number of nitrogens with one attached hydrogen (secondary N) is 1.